The van der Waals surface area contributed by atoms with Gasteiger partial charge in [-0.25, -0.2) is 0 Å². The highest BCUT2D eigenvalue weighted by Gasteiger charge is 2.22. The lowest BCUT2D eigenvalue weighted by atomic mass is 10.1. The van der Waals surface area contributed by atoms with Crippen LogP contribution in [0.3, 0.4) is 0 Å². The second-order valence-electron chi connectivity index (χ2n) is 5.01. The molecule has 0 fully saturated rings. The van der Waals surface area contributed by atoms with Crippen molar-refractivity contribution in [2.24, 2.45) is 0 Å². The molecule has 6 heteroatoms. The molecule has 116 valence electrons. The first kappa shape index (κ1) is 16.3. The quantitative estimate of drug-likeness (QED) is 0.881. The lowest BCUT2D eigenvalue weighted by Crippen LogP contribution is -2.35. The van der Waals surface area contributed by atoms with Gasteiger partial charge in [-0.3, -0.25) is 9.59 Å². The first-order valence-electron chi connectivity index (χ1n) is 6.69. The van der Waals surface area contributed by atoms with Crippen molar-refractivity contribution in [3.63, 3.8) is 0 Å². The monoisotopic (exact) mass is 365 g/mol. The van der Waals surface area contributed by atoms with E-state index in [2.05, 4.69) is 15.9 Å². The normalized spacial score (nSPS) is 10.5. The van der Waals surface area contributed by atoms with Gasteiger partial charge in [-0.2, -0.15) is 0 Å². The van der Waals surface area contributed by atoms with Crippen molar-refractivity contribution in [2.45, 2.75) is 20.4 Å². The number of rotatable bonds is 5. The second kappa shape index (κ2) is 6.79. The van der Waals surface area contributed by atoms with E-state index in [9.17, 15) is 9.59 Å². The third-order valence-corrected chi connectivity index (χ3v) is 3.64. The summed E-state index contributed by atoms with van der Waals surface area (Å²) in [7, 11) is 0. The van der Waals surface area contributed by atoms with Gasteiger partial charge < -0.3 is 14.4 Å². The molecule has 2 rings (SSSR count). The number of hydrogen-bond acceptors (Lipinski definition) is 3. The SMILES string of the molecule is Cc1cc(C(=O)N(CC(=O)O)Cc2cccc(Br)c2)c(C)o1. The van der Waals surface area contributed by atoms with Gasteiger partial charge in [-0.1, -0.05) is 28.1 Å². The summed E-state index contributed by atoms with van der Waals surface area (Å²) < 4.78 is 6.24. The van der Waals surface area contributed by atoms with Crippen molar-refractivity contribution in [3.05, 3.63) is 57.5 Å². The lowest BCUT2D eigenvalue weighted by molar-refractivity contribution is -0.137. The van der Waals surface area contributed by atoms with Crippen LogP contribution in [-0.2, 0) is 11.3 Å². The number of carbonyl (C=O) groups excluding carboxylic acids is 1. The summed E-state index contributed by atoms with van der Waals surface area (Å²) in [6.07, 6.45) is 0. The van der Waals surface area contributed by atoms with Crippen molar-refractivity contribution >= 4 is 27.8 Å². The third-order valence-electron chi connectivity index (χ3n) is 3.15. The average molecular weight is 366 g/mol. The molecular formula is C16H16BrNO4. The summed E-state index contributed by atoms with van der Waals surface area (Å²) >= 11 is 3.37. The molecule has 2 aromatic rings. The zero-order valence-electron chi connectivity index (χ0n) is 12.3. The standard InChI is InChI=1S/C16H16BrNO4/c1-10-6-14(11(2)22-10)16(21)18(9-15(19)20)8-12-4-3-5-13(17)7-12/h3-7H,8-9H2,1-2H3,(H,19,20). The van der Waals surface area contributed by atoms with E-state index in [-0.39, 0.29) is 19.0 Å². The minimum atomic E-state index is -1.05. The van der Waals surface area contributed by atoms with E-state index in [1.165, 1.54) is 4.90 Å². The number of carbonyl (C=O) groups is 2. The first-order chi connectivity index (χ1) is 10.4. The number of aryl methyl sites for hydroxylation is 2. The average Bonchev–Trinajstić information content (AvgIpc) is 2.75. The number of hydrogen-bond donors (Lipinski definition) is 1. The Kier molecular flexibility index (Phi) is 5.03. The number of furan rings is 1. The molecule has 0 aliphatic heterocycles. The highest BCUT2D eigenvalue weighted by atomic mass is 79.9. The Bertz CT molecular complexity index is 708. The molecule has 0 aliphatic rings. The Hall–Kier alpha value is -2.08. The molecule has 1 aromatic carbocycles. The molecule has 0 atom stereocenters. The van der Waals surface area contributed by atoms with Gasteiger partial charge in [0.1, 0.15) is 18.1 Å². The maximum atomic E-state index is 12.6. The van der Waals surface area contributed by atoms with Crippen LogP contribution in [0, 0.1) is 13.8 Å². The molecule has 0 saturated heterocycles. The third kappa shape index (κ3) is 3.98. The van der Waals surface area contributed by atoms with Crippen LogP contribution in [-0.4, -0.2) is 28.4 Å². The van der Waals surface area contributed by atoms with Crippen molar-refractivity contribution in [1.82, 2.24) is 4.90 Å². The molecule has 0 radical (unpaired) electrons. The maximum Gasteiger partial charge on any atom is 0.323 e. The first-order valence-corrected chi connectivity index (χ1v) is 7.48. The predicted molar refractivity (Wildman–Crippen MR) is 84.7 cm³/mol. The summed E-state index contributed by atoms with van der Waals surface area (Å²) in [5.74, 6) is -0.288. The van der Waals surface area contributed by atoms with Gasteiger partial charge in [0.15, 0.2) is 0 Å². The molecule has 0 spiro atoms. The number of amides is 1. The van der Waals surface area contributed by atoms with Crippen molar-refractivity contribution in [3.8, 4) is 0 Å². The van der Waals surface area contributed by atoms with Crippen molar-refractivity contribution < 1.29 is 19.1 Å². The number of carboxylic acid groups (broad SMARTS) is 1. The van der Waals surface area contributed by atoms with Crippen LogP contribution < -0.4 is 0 Å². The highest BCUT2D eigenvalue weighted by molar-refractivity contribution is 9.10. The number of nitrogens with zero attached hydrogens (tertiary/aromatic N) is 1. The summed E-state index contributed by atoms with van der Waals surface area (Å²) in [6, 6.07) is 9.05. The summed E-state index contributed by atoms with van der Waals surface area (Å²) in [5, 5.41) is 9.06. The van der Waals surface area contributed by atoms with E-state index in [4.69, 9.17) is 9.52 Å². The number of benzene rings is 1. The molecule has 0 bridgehead atoms. The maximum absolute atomic E-state index is 12.6. The van der Waals surface area contributed by atoms with Crippen LogP contribution in [0.1, 0.15) is 27.4 Å². The molecule has 1 aromatic heterocycles. The van der Waals surface area contributed by atoms with Crippen LogP contribution in [0.4, 0.5) is 0 Å². The van der Waals surface area contributed by atoms with Crippen LogP contribution in [0.5, 0.6) is 0 Å². The topological polar surface area (TPSA) is 70.8 Å². The van der Waals surface area contributed by atoms with Crippen molar-refractivity contribution in [1.29, 1.82) is 0 Å². The largest absolute Gasteiger partial charge is 0.480 e. The van der Waals surface area contributed by atoms with Gasteiger partial charge >= 0.3 is 5.97 Å². The minimum absolute atomic E-state index is 0.217. The molecule has 5 nitrogen and oxygen atoms in total. The van der Waals surface area contributed by atoms with Gasteiger partial charge in [0, 0.05) is 11.0 Å². The van der Waals surface area contributed by atoms with E-state index >= 15 is 0 Å². The van der Waals surface area contributed by atoms with E-state index in [1.807, 2.05) is 24.3 Å². The van der Waals surface area contributed by atoms with Gasteiger partial charge in [-0.05, 0) is 37.6 Å². The van der Waals surface area contributed by atoms with E-state index in [1.54, 1.807) is 19.9 Å². The Morgan fingerprint density at radius 1 is 1.27 bits per heavy atom. The highest BCUT2D eigenvalue weighted by Crippen LogP contribution is 2.19. The molecule has 0 unspecified atom stereocenters. The lowest BCUT2D eigenvalue weighted by Gasteiger charge is -2.20. The van der Waals surface area contributed by atoms with Crippen LogP contribution >= 0.6 is 15.9 Å². The number of halogens is 1. The van der Waals surface area contributed by atoms with Gasteiger partial charge in [-0.15, -0.1) is 0 Å². The summed E-state index contributed by atoms with van der Waals surface area (Å²) in [5.41, 5.74) is 1.25. The fraction of sp³-hybridized carbons (Fsp3) is 0.250. The van der Waals surface area contributed by atoms with Crippen LogP contribution in [0.15, 0.2) is 39.2 Å². The Morgan fingerprint density at radius 2 is 2.00 bits per heavy atom. The summed E-state index contributed by atoms with van der Waals surface area (Å²) in [6.45, 7) is 3.29. The van der Waals surface area contributed by atoms with Crippen LogP contribution in [0.2, 0.25) is 0 Å². The second-order valence-corrected chi connectivity index (χ2v) is 5.93. The van der Waals surface area contributed by atoms with E-state index < -0.39 is 5.97 Å². The molecule has 1 amide bonds. The van der Waals surface area contributed by atoms with Gasteiger partial charge in [0.2, 0.25) is 0 Å². The Morgan fingerprint density at radius 3 is 2.55 bits per heavy atom. The predicted octanol–water partition coefficient (Wildman–Crippen LogP) is 3.39. The number of carboxylic acids is 1. The van der Waals surface area contributed by atoms with Crippen LogP contribution in [0.25, 0.3) is 0 Å². The fourth-order valence-corrected chi connectivity index (χ4v) is 2.68. The van der Waals surface area contributed by atoms with Crippen molar-refractivity contribution in [2.75, 3.05) is 6.54 Å². The minimum Gasteiger partial charge on any atom is -0.480 e. The fourth-order valence-electron chi connectivity index (χ4n) is 2.23. The zero-order valence-corrected chi connectivity index (χ0v) is 13.9. The van der Waals surface area contributed by atoms with Gasteiger partial charge in [0.25, 0.3) is 5.91 Å². The van der Waals surface area contributed by atoms with Gasteiger partial charge in [0.05, 0.1) is 5.56 Å². The molecule has 0 aliphatic carbocycles. The Balaban J connectivity index is 2.27. The summed E-state index contributed by atoms with van der Waals surface area (Å²) in [4.78, 5) is 25.0. The zero-order chi connectivity index (χ0) is 16.3. The Labute approximate surface area is 136 Å². The number of aliphatic carboxylic acids is 1. The molecular weight excluding hydrogens is 350 g/mol. The van der Waals surface area contributed by atoms with E-state index in [0.29, 0.717) is 17.1 Å². The molecule has 22 heavy (non-hydrogen) atoms. The van der Waals surface area contributed by atoms with E-state index in [0.717, 1.165) is 10.0 Å². The smallest absolute Gasteiger partial charge is 0.323 e. The molecule has 1 heterocycles. The molecule has 0 saturated carbocycles. The molecule has 1 N–H and O–H groups in total.